The fraction of sp³-hybridized carbons (Fsp3) is 0.500. The van der Waals surface area contributed by atoms with E-state index in [1.807, 2.05) is 0 Å². The number of rotatable bonds is 3. The average molecular weight is 176 g/mol. The largest absolute Gasteiger partial charge is 0.380 e. The summed E-state index contributed by atoms with van der Waals surface area (Å²) in [6, 6.07) is 0. The van der Waals surface area contributed by atoms with Gasteiger partial charge in [0.1, 0.15) is 6.10 Å². The van der Waals surface area contributed by atoms with Gasteiger partial charge in [0.25, 0.3) is 0 Å². The molecule has 1 unspecified atom stereocenters. The van der Waals surface area contributed by atoms with Crippen LogP contribution in [0.25, 0.3) is 0 Å². The van der Waals surface area contributed by atoms with E-state index in [1.54, 1.807) is 6.08 Å². The second-order valence-electron chi connectivity index (χ2n) is 3.27. The van der Waals surface area contributed by atoms with Crippen molar-refractivity contribution in [1.29, 1.82) is 0 Å². The Morgan fingerprint density at radius 1 is 1.69 bits per heavy atom. The molecule has 1 nitrogen and oxygen atoms in total. The molecule has 1 aliphatic carbocycles. The molecule has 0 aliphatic heterocycles. The summed E-state index contributed by atoms with van der Waals surface area (Å²) < 4.78 is 0. The molecule has 0 amide bonds. The summed E-state index contributed by atoms with van der Waals surface area (Å²) in [6.07, 6.45) is 8.45. The molecule has 13 heavy (non-hydrogen) atoms. The lowest BCUT2D eigenvalue weighted by molar-refractivity contribution is 0.223. The maximum atomic E-state index is 9.39. The van der Waals surface area contributed by atoms with Crippen LogP contribution in [-0.4, -0.2) is 11.2 Å². The van der Waals surface area contributed by atoms with Gasteiger partial charge in [-0.2, -0.15) is 0 Å². The highest BCUT2D eigenvalue weighted by Gasteiger charge is 2.01. The molecule has 0 heterocycles. The van der Waals surface area contributed by atoms with Crippen molar-refractivity contribution in [2.24, 2.45) is 0 Å². The van der Waals surface area contributed by atoms with Crippen LogP contribution in [0.1, 0.15) is 32.1 Å². The summed E-state index contributed by atoms with van der Waals surface area (Å²) >= 11 is 0. The molecule has 0 aromatic carbocycles. The van der Waals surface area contributed by atoms with E-state index in [1.165, 1.54) is 12.0 Å². The second-order valence-corrected chi connectivity index (χ2v) is 3.27. The predicted octanol–water partition coefficient (Wildman–Crippen LogP) is 2.43. The molecule has 0 fully saturated rings. The third-order valence-electron chi connectivity index (χ3n) is 2.08. The van der Waals surface area contributed by atoms with Crippen LogP contribution >= 0.6 is 0 Å². The maximum Gasteiger partial charge on any atom is 0.115 e. The summed E-state index contributed by atoms with van der Waals surface area (Å²) in [5.74, 6) is 5.87. The van der Waals surface area contributed by atoms with E-state index in [-0.39, 0.29) is 0 Å². The molecule has 0 saturated heterocycles. The minimum absolute atomic E-state index is 0.487. The molecule has 1 atom stereocenters. The van der Waals surface area contributed by atoms with Gasteiger partial charge in [-0.15, -0.1) is 6.58 Å². The Hall–Kier alpha value is -1.00. The van der Waals surface area contributed by atoms with Gasteiger partial charge in [0.15, 0.2) is 0 Å². The summed E-state index contributed by atoms with van der Waals surface area (Å²) in [4.78, 5) is 0. The monoisotopic (exact) mass is 176 g/mol. The van der Waals surface area contributed by atoms with E-state index in [4.69, 9.17) is 0 Å². The minimum Gasteiger partial charge on any atom is -0.380 e. The van der Waals surface area contributed by atoms with Crippen molar-refractivity contribution >= 4 is 0 Å². The lowest BCUT2D eigenvalue weighted by Gasteiger charge is -1.98. The standard InChI is InChI=1S/C12H16O/c1-2-3-8-12(13)10-9-11-6-4-5-7-11/h2,6,12-13H,1,3-5,7-8H2. The van der Waals surface area contributed by atoms with Crippen LogP contribution in [0.5, 0.6) is 0 Å². The molecular formula is C12H16O. The molecule has 0 aromatic rings. The van der Waals surface area contributed by atoms with Gasteiger partial charge in [0.05, 0.1) is 0 Å². The Balaban J connectivity index is 2.32. The van der Waals surface area contributed by atoms with Gasteiger partial charge in [-0.3, -0.25) is 0 Å². The van der Waals surface area contributed by atoms with Crippen LogP contribution in [0.4, 0.5) is 0 Å². The first-order chi connectivity index (χ1) is 6.33. The van der Waals surface area contributed by atoms with Gasteiger partial charge >= 0.3 is 0 Å². The summed E-state index contributed by atoms with van der Waals surface area (Å²) in [5.41, 5.74) is 1.19. The Morgan fingerprint density at radius 2 is 2.54 bits per heavy atom. The third kappa shape index (κ3) is 3.96. The Bertz CT molecular complexity index is 252. The van der Waals surface area contributed by atoms with Crippen molar-refractivity contribution in [3.8, 4) is 11.8 Å². The Labute approximate surface area is 80.2 Å². The van der Waals surface area contributed by atoms with Gasteiger partial charge < -0.3 is 5.11 Å². The average Bonchev–Trinajstić information content (AvgIpc) is 2.64. The van der Waals surface area contributed by atoms with E-state index in [2.05, 4.69) is 24.5 Å². The zero-order chi connectivity index (χ0) is 9.52. The zero-order valence-corrected chi connectivity index (χ0v) is 7.92. The maximum absolute atomic E-state index is 9.39. The molecule has 0 spiro atoms. The van der Waals surface area contributed by atoms with Crippen molar-refractivity contribution in [3.05, 3.63) is 24.3 Å². The van der Waals surface area contributed by atoms with Gasteiger partial charge in [0.2, 0.25) is 0 Å². The number of aliphatic hydroxyl groups excluding tert-OH is 1. The molecular weight excluding hydrogens is 160 g/mol. The van der Waals surface area contributed by atoms with Crippen LogP contribution in [0.2, 0.25) is 0 Å². The first-order valence-corrected chi connectivity index (χ1v) is 4.82. The van der Waals surface area contributed by atoms with Crippen molar-refractivity contribution < 1.29 is 5.11 Å². The van der Waals surface area contributed by atoms with Gasteiger partial charge in [0, 0.05) is 0 Å². The smallest absolute Gasteiger partial charge is 0.115 e. The lowest BCUT2D eigenvalue weighted by Crippen LogP contribution is -2.01. The third-order valence-corrected chi connectivity index (χ3v) is 2.08. The first kappa shape index (κ1) is 10.1. The number of hydrogen-bond donors (Lipinski definition) is 1. The highest BCUT2D eigenvalue weighted by Crippen LogP contribution is 2.16. The fourth-order valence-electron chi connectivity index (χ4n) is 1.31. The zero-order valence-electron chi connectivity index (χ0n) is 7.92. The van der Waals surface area contributed by atoms with E-state index >= 15 is 0 Å². The molecule has 70 valence electrons. The Morgan fingerprint density at radius 3 is 3.15 bits per heavy atom. The summed E-state index contributed by atoms with van der Waals surface area (Å²) in [6.45, 7) is 3.60. The van der Waals surface area contributed by atoms with Crippen molar-refractivity contribution in [1.82, 2.24) is 0 Å². The summed E-state index contributed by atoms with van der Waals surface area (Å²) in [5, 5.41) is 9.39. The Kier molecular flexibility index (Phi) is 4.35. The molecule has 0 radical (unpaired) electrons. The van der Waals surface area contributed by atoms with E-state index in [0.29, 0.717) is 6.42 Å². The number of hydrogen-bond acceptors (Lipinski definition) is 1. The fourth-order valence-corrected chi connectivity index (χ4v) is 1.31. The molecule has 1 heteroatoms. The van der Waals surface area contributed by atoms with Crippen molar-refractivity contribution in [2.45, 2.75) is 38.2 Å². The van der Waals surface area contributed by atoms with Gasteiger partial charge in [-0.05, 0) is 37.7 Å². The van der Waals surface area contributed by atoms with Gasteiger partial charge in [-0.25, -0.2) is 0 Å². The van der Waals surface area contributed by atoms with E-state index < -0.39 is 6.10 Å². The van der Waals surface area contributed by atoms with Crippen LogP contribution in [0.15, 0.2) is 24.3 Å². The van der Waals surface area contributed by atoms with E-state index in [9.17, 15) is 5.11 Å². The summed E-state index contributed by atoms with van der Waals surface area (Å²) in [7, 11) is 0. The normalized spacial score (nSPS) is 17.2. The molecule has 1 aliphatic rings. The van der Waals surface area contributed by atoms with Crippen LogP contribution in [0, 0.1) is 11.8 Å². The molecule has 1 rings (SSSR count). The minimum atomic E-state index is -0.487. The van der Waals surface area contributed by atoms with Crippen molar-refractivity contribution in [2.75, 3.05) is 0 Å². The predicted molar refractivity (Wildman–Crippen MR) is 55.1 cm³/mol. The highest BCUT2D eigenvalue weighted by atomic mass is 16.3. The quantitative estimate of drug-likeness (QED) is 0.517. The van der Waals surface area contributed by atoms with Crippen LogP contribution in [0.3, 0.4) is 0 Å². The van der Waals surface area contributed by atoms with E-state index in [0.717, 1.165) is 19.3 Å². The number of aliphatic hydroxyl groups is 1. The molecule has 0 aromatic heterocycles. The molecule has 0 bridgehead atoms. The lowest BCUT2D eigenvalue weighted by atomic mass is 10.2. The van der Waals surface area contributed by atoms with Crippen LogP contribution in [-0.2, 0) is 0 Å². The molecule has 0 saturated carbocycles. The van der Waals surface area contributed by atoms with Gasteiger partial charge in [-0.1, -0.05) is 24.0 Å². The number of allylic oxidation sites excluding steroid dienone is 3. The SMILES string of the molecule is C=CCCC(O)C#CC1=CCCC1. The highest BCUT2D eigenvalue weighted by molar-refractivity contribution is 5.31. The van der Waals surface area contributed by atoms with Crippen LogP contribution < -0.4 is 0 Å². The van der Waals surface area contributed by atoms with Crippen molar-refractivity contribution in [3.63, 3.8) is 0 Å². The first-order valence-electron chi connectivity index (χ1n) is 4.82. The topological polar surface area (TPSA) is 20.2 Å². The second kappa shape index (κ2) is 5.61. The molecule has 1 N–H and O–H groups in total.